The van der Waals surface area contributed by atoms with Gasteiger partial charge >= 0.3 is 0 Å². The van der Waals surface area contributed by atoms with E-state index in [1.165, 1.54) is 19.1 Å². The first-order valence-electron chi connectivity index (χ1n) is 6.97. The molecular weight excluding hydrogens is 338 g/mol. The van der Waals surface area contributed by atoms with Gasteiger partial charge in [0.1, 0.15) is 0 Å². The van der Waals surface area contributed by atoms with Crippen molar-refractivity contribution in [2.24, 2.45) is 0 Å². The molecular formula is C16H16F2N2O3S. The topological polar surface area (TPSA) is 75.3 Å². The molecule has 2 aromatic carbocycles. The predicted molar refractivity (Wildman–Crippen MR) is 87.4 cm³/mol. The van der Waals surface area contributed by atoms with E-state index in [-0.39, 0.29) is 16.5 Å². The molecule has 0 aromatic heterocycles. The summed E-state index contributed by atoms with van der Waals surface area (Å²) in [5.41, 5.74) is 1.21. The van der Waals surface area contributed by atoms with Gasteiger partial charge < -0.3 is 5.32 Å². The van der Waals surface area contributed by atoms with Crippen molar-refractivity contribution in [2.45, 2.75) is 25.7 Å². The lowest BCUT2D eigenvalue weighted by molar-refractivity contribution is -0.114. The van der Waals surface area contributed by atoms with Gasteiger partial charge in [0.2, 0.25) is 5.91 Å². The summed E-state index contributed by atoms with van der Waals surface area (Å²) in [4.78, 5) is 11.1. The van der Waals surface area contributed by atoms with Crippen molar-refractivity contribution in [1.29, 1.82) is 0 Å². The molecule has 1 amide bonds. The maximum absolute atomic E-state index is 13.2. The lowest BCUT2D eigenvalue weighted by Crippen LogP contribution is -2.16. The van der Waals surface area contributed by atoms with Gasteiger partial charge in [-0.2, -0.15) is 0 Å². The molecule has 2 aromatic rings. The van der Waals surface area contributed by atoms with E-state index in [2.05, 4.69) is 10.0 Å². The van der Waals surface area contributed by atoms with Crippen LogP contribution in [0, 0.1) is 25.5 Å². The number of hydrogen-bond acceptors (Lipinski definition) is 3. The van der Waals surface area contributed by atoms with E-state index in [0.717, 1.165) is 18.2 Å². The average molecular weight is 354 g/mol. The second-order valence-corrected chi connectivity index (χ2v) is 6.97. The van der Waals surface area contributed by atoms with Gasteiger partial charge in [-0.15, -0.1) is 0 Å². The zero-order valence-corrected chi connectivity index (χ0v) is 14.1. The van der Waals surface area contributed by atoms with Crippen molar-refractivity contribution in [3.05, 3.63) is 53.1 Å². The Labute approximate surface area is 138 Å². The maximum Gasteiger partial charge on any atom is 0.262 e. The molecule has 8 heteroatoms. The Hall–Kier alpha value is -2.48. The number of anilines is 2. The lowest BCUT2D eigenvalue weighted by atomic mass is 10.1. The average Bonchev–Trinajstić information content (AvgIpc) is 2.40. The van der Waals surface area contributed by atoms with Crippen LogP contribution in [0.1, 0.15) is 18.1 Å². The molecule has 0 atom stereocenters. The van der Waals surface area contributed by atoms with E-state index in [1.807, 2.05) is 0 Å². The van der Waals surface area contributed by atoms with Gasteiger partial charge in [0.05, 0.1) is 10.6 Å². The molecule has 0 radical (unpaired) electrons. The number of sulfonamides is 1. The summed E-state index contributed by atoms with van der Waals surface area (Å²) in [7, 11) is -4.00. The maximum atomic E-state index is 13.2. The number of nitrogens with one attached hydrogen (secondary N) is 2. The first-order chi connectivity index (χ1) is 11.1. The summed E-state index contributed by atoms with van der Waals surface area (Å²) in [6.07, 6.45) is 0. The fourth-order valence-corrected chi connectivity index (χ4v) is 3.92. The van der Waals surface area contributed by atoms with Crippen LogP contribution in [0.25, 0.3) is 0 Å². The van der Waals surface area contributed by atoms with Gasteiger partial charge in [0, 0.05) is 18.7 Å². The molecule has 0 aliphatic carbocycles. The highest BCUT2D eigenvalue weighted by Gasteiger charge is 2.21. The Bertz CT molecular complexity index is 889. The number of hydrogen-bond donors (Lipinski definition) is 2. The molecule has 0 heterocycles. The van der Waals surface area contributed by atoms with E-state index < -0.39 is 21.7 Å². The summed E-state index contributed by atoms with van der Waals surface area (Å²) in [6.45, 7) is 4.51. The molecule has 24 heavy (non-hydrogen) atoms. The second-order valence-electron chi connectivity index (χ2n) is 5.35. The fourth-order valence-electron chi connectivity index (χ4n) is 2.42. The highest BCUT2D eigenvalue weighted by molar-refractivity contribution is 7.92. The summed E-state index contributed by atoms with van der Waals surface area (Å²) in [6, 6.07) is 5.78. The molecule has 0 spiro atoms. The molecule has 0 unspecified atom stereocenters. The molecule has 2 N–H and O–H groups in total. The summed E-state index contributed by atoms with van der Waals surface area (Å²) < 4.78 is 53.5. The van der Waals surface area contributed by atoms with Crippen molar-refractivity contribution < 1.29 is 22.0 Å². The molecule has 128 valence electrons. The SMILES string of the molecule is CC(=O)Nc1cc(C)c(S(=O)(=O)Nc2ccc(F)c(F)c2)c(C)c1. The Balaban J connectivity index is 2.41. The molecule has 0 aliphatic rings. The number of carbonyl (C=O) groups excluding carboxylic acids is 1. The normalized spacial score (nSPS) is 11.2. The van der Waals surface area contributed by atoms with Crippen LogP contribution in [0.15, 0.2) is 35.2 Å². The van der Waals surface area contributed by atoms with E-state index in [0.29, 0.717) is 16.8 Å². The first kappa shape index (κ1) is 17.9. The second kappa shape index (κ2) is 6.56. The number of amides is 1. The summed E-state index contributed by atoms with van der Waals surface area (Å²) >= 11 is 0. The van der Waals surface area contributed by atoms with Crippen molar-refractivity contribution >= 4 is 27.3 Å². The van der Waals surface area contributed by atoms with Crippen LogP contribution in [-0.4, -0.2) is 14.3 Å². The van der Waals surface area contributed by atoms with Gasteiger partial charge in [0.25, 0.3) is 10.0 Å². The van der Waals surface area contributed by atoms with Crippen LogP contribution in [-0.2, 0) is 14.8 Å². The molecule has 0 aliphatic heterocycles. The fraction of sp³-hybridized carbons (Fsp3) is 0.188. The van der Waals surface area contributed by atoms with Gasteiger partial charge in [-0.05, 0) is 49.2 Å². The van der Waals surface area contributed by atoms with E-state index in [9.17, 15) is 22.0 Å². The highest BCUT2D eigenvalue weighted by Crippen LogP contribution is 2.27. The van der Waals surface area contributed by atoms with Crippen LogP contribution in [0.5, 0.6) is 0 Å². The third-order valence-corrected chi connectivity index (χ3v) is 4.91. The molecule has 2 rings (SSSR count). The van der Waals surface area contributed by atoms with Gasteiger partial charge in [0.15, 0.2) is 11.6 Å². The minimum Gasteiger partial charge on any atom is -0.326 e. The Kier molecular flexibility index (Phi) is 4.88. The van der Waals surface area contributed by atoms with Gasteiger partial charge in [-0.3, -0.25) is 9.52 Å². The number of benzene rings is 2. The van der Waals surface area contributed by atoms with E-state index in [4.69, 9.17) is 0 Å². The zero-order valence-electron chi connectivity index (χ0n) is 13.3. The molecule has 5 nitrogen and oxygen atoms in total. The van der Waals surface area contributed by atoms with Crippen LogP contribution in [0.2, 0.25) is 0 Å². The van der Waals surface area contributed by atoms with Gasteiger partial charge in [-0.1, -0.05) is 0 Å². The van der Waals surface area contributed by atoms with E-state index >= 15 is 0 Å². The predicted octanol–water partition coefficient (Wildman–Crippen LogP) is 3.34. The number of rotatable bonds is 4. The number of carbonyl (C=O) groups is 1. The Morgan fingerprint density at radius 1 is 0.958 bits per heavy atom. The van der Waals surface area contributed by atoms with Crippen LogP contribution >= 0.6 is 0 Å². The van der Waals surface area contributed by atoms with Crippen LogP contribution < -0.4 is 10.0 Å². The number of aryl methyl sites for hydroxylation is 2. The third-order valence-electron chi connectivity index (χ3n) is 3.22. The Morgan fingerprint density at radius 3 is 2.04 bits per heavy atom. The van der Waals surface area contributed by atoms with Crippen LogP contribution in [0.3, 0.4) is 0 Å². The standard InChI is InChI=1S/C16H16F2N2O3S/c1-9-6-13(19-11(3)21)7-10(2)16(9)24(22,23)20-12-4-5-14(17)15(18)8-12/h4-8,20H,1-3H3,(H,19,21). The largest absolute Gasteiger partial charge is 0.326 e. The highest BCUT2D eigenvalue weighted by atomic mass is 32.2. The minimum atomic E-state index is -4.00. The van der Waals surface area contributed by atoms with Gasteiger partial charge in [-0.25, -0.2) is 17.2 Å². The van der Waals surface area contributed by atoms with Crippen molar-refractivity contribution in [3.8, 4) is 0 Å². The minimum absolute atomic E-state index is 0.0151. The molecule has 0 fully saturated rings. The molecule has 0 bridgehead atoms. The van der Waals surface area contributed by atoms with Crippen molar-refractivity contribution in [1.82, 2.24) is 0 Å². The number of halogens is 2. The van der Waals surface area contributed by atoms with Crippen molar-refractivity contribution in [3.63, 3.8) is 0 Å². The van der Waals surface area contributed by atoms with E-state index in [1.54, 1.807) is 13.8 Å². The monoisotopic (exact) mass is 354 g/mol. The third kappa shape index (κ3) is 3.88. The molecule has 0 saturated carbocycles. The van der Waals surface area contributed by atoms with Crippen LogP contribution in [0.4, 0.5) is 20.2 Å². The van der Waals surface area contributed by atoms with Crippen molar-refractivity contribution in [2.75, 3.05) is 10.0 Å². The lowest BCUT2D eigenvalue weighted by Gasteiger charge is -2.15. The molecule has 0 saturated heterocycles. The Morgan fingerprint density at radius 2 is 1.54 bits per heavy atom. The summed E-state index contributed by atoms with van der Waals surface area (Å²) in [5, 5.41) is 2.58. The zero-order chi connectivity index (χ0) is 18.1. The quantitative estimate of drug-likeness (QED) is 0.884. The smallest absolute Gasteiger partial charge is 0.262 e. The summed E-state index contributed by atoms with van der Waals surface area (Å²) in [5.74, 6) is -2.49. The first-order valence-corrected chi connectivity index (χ1v) is 8.45.